The number of carbonyl (C=O) groups is 3. The van der Waals surface area contributed by atoms with Crippen molar-refractivity contribution in [3.8, 4) is 0 Å². The molecule has 2 heterocycles. The quantitative estimate of drug-likeness (QED) is 0.744. The summed E-state index contributed by atoms with van der Waals surface area (Å²) in [6.07, 6.45) is 2.00. The van der Waals surface area contributed by atoms with E-state index in [0.29, 0.717) is 19.6 Å². The molecule has 29 heavy (non-hydrogen) atoms. The molecule has 3 rings (SSSR count). The fourth-order valence-corrected chi connectivity index (χ4v) is 4.91. The molecule has 0 aliphatic carbocycles. The summed E-state index contributed by atoms with van der Waals surface area (Å²) in [5.74, 6) is -0.335. The van der Waals surface area contributed by atoms with E-state index in [-0.39, 0.29) is 42.6 Å². The average molecular weight is 401 g/mol. The molecule has 1 aromatic carbocycles. The lowest BCUT2D eigenvalue weighted by Crippen LogP contribution is -2.46. The van der Waals surface area contributed by atoms with Gasteiger partial charge in [0.05, 0.1) is 11.5 Å². The predicted octanol–water partition coefficient (Wildman–Crippen LogP) is 2.41. The van der Waals surface area contributed by atoms with Crippen LogP contribution in [0.25, 0.3) is 0 Å². The first kappa shape index (κ1) is 21.5. The van der Waals surface area contributed by atoms with Crippen molar-refractivity contribution >= 4 is 17.7 Å². The SMILES string of the molecule is CC[C@@H](O)C1CCN(C(=O)C[C@]2(c3ccccc3C)CC(=O)N(CC)C2=O)CC1. The van der Waals surface area contributed by atoms with E-state index in [1.807, 2.05) is 38.1 Å². The van der Waals surface area contributed by atoms with Crippen LogP contribution in [-0.2, 0) is 19.8 Å². The normalized spacial score (nSPS) is 24.3. The Bertz CT molecular complexity index is 785. The lowest BCUT2D eigenvalue weighted by atomic mass is 9.73. The highest BCUT2D eigenvalue weighted by Crippen LogP contribution is 2.42. The van der Waals surface area contributed by atoms with Crippen molar-refractivity contribution in [3.63, 3.8) is 0 Å². The van der Waals surface area contributed by atoms with E-state index in [4.69, 9.17) is 0 Å². The maximum atomic E-state index is 13.3. The fourth-order valence-electron chi connectivity index (χ4n) is 4.91. The van der Waals surface area contributed by atoms with E-state index in [1.165, 1.54) is 4.90 Å². The predicted molar refractivity (Wildman–Crippen MR) is 110 cm³/mol. The maximum Gasteiger partial charge on any atom is 0.240 e. The molecule has 6 nitrogen and oxygen atoms in total. The van der Waals surface area contributed by atoms with Gasteiger partial charge in [0.1, 0.15) is 0 Å². The maximum absolute atomic E-state index is 13.3. The summed E-state index contributed by atoms with van der Waals surface area (Å²) in [4.78, 5) is 42.2. The van der Waals surface area contributed by atoms with Crippen molar-refractivity contribution in [3.05, 3.63) is 35.4 Å². The van der Waals surface area contributed by atoms with Crippen LogP contribution in [0.15, 0.2) is 24.3 Å². The molecule has 6 heteroatoms. The fraction of sp³-hybridized carbons (Fsp3) is 0.609. The standard InChI is InChI=1S/C23H32N2O4/c1-4-19(26)17-10-12-24(13-11-17)20(27)14-23(18-9-7-6-8-16(18)3)15-21(28)25(5-2)22(23)29/h6-9,17,19,26H,4-5,10-15H2,1-3H3/t19-,23-/m1/s1. The smallest absolute Gasteiger partial charge is 0.240 e. The zero-order valence-corrected chi connectivity index (χ0v) is 17.7. The van der Waals surface area contributed by atoms with Crippen LogP contribution in [0.5, 0.6) is 0 Å². The third-order valence-corrected chi connectivity index (χ3v) is 6.69. The number of aliphatic hydroxyl groups is 1. The minimum absolute atomic E-state index is 0.0138. The van der Waals surface area contributed by atoms with Crippen molar-refractivity contribution in [1.29, 1.82) is 0 Å². The molecule has 0 saturated carbocycles. The Balaban J connectivity index is 1.84. The van der Waals surface area contributed by atoms with Gasteiger partial charge in [-0.25, -0.2) is 0 Å². The largest absolute Gasteiger partial charge is 0.393 e. The first-order valence-corrected chi connectivity index (χ1v) is 10.7. The Morgan fingerprint density at radius 1 is 1.21 bits per heavy atom. The van der Waals surface area contributed by atoms with Crippen LogP contribution in [0.4, 0.5) is 0 Å². The second-order valence-corrected chi connectivity index (χ2v) is 8.39. The topological polar surface area (TPSA) is 77.9 Å². The summed E-state index contributed by atoms with van der Waals surface area (Å²) in [6.45, 7) is 7.17. The number of rotatable bonds is 6. The number of nitrogens with zero attached hydrogens (tertiary/aromatic N) is 2. The van der Waals surface area contributed by atoms with Gasteiger partial charge in [0.2, 0.25) is 17.7 Å². The molecule has 0 spiro atoms. The van der Waals surface area contributed by atoms with E-state index in [0.717, 1.165) is 30.4 Å². The van der Waals surface area contributed by atoms with Crippen LogP contribution in [0.2, 0.25) is 0 Å². The van der Waals surface area contributed by atoms with Gasteiger partial charge in [-0.05, 0) is 50.2 Å². The van der Waals surface area contributed by atoms with Crippen LogP contribution in [0.3, 0.4) is 0 Å². The molecule has 2 fully saturated rings. The molecule has 2 saturated heterocycles. The van der Waals surface area contributed by atoms with E-state index >= 15 is 0 Å². The molecular formula is C23H32N2O4. The minimum Gasteiger partial charge on any atom is -0.393 e. The molecule has 3 amide bonds. The number of imide groups is 1. The van der Waals surface area contributed by atoms with Gasteiger partial charge in [0.15, 0.2) is 0 Å². The molecule has 0 radical (unpaired) electrons. The number of likely N-dealkylation sites (tertiary alicyclic amines) is 2. The van der Waals surface area contributed by atoms with Gasteiger partial charge < -0.3 is 10.0 Å². The lowest BCUT2D eigenvalue weighted by Gasteiger charge is -2.36. The van der Waals surface area contributed by atoms with Crippen molar-refractivity contribution in [2.24, 2.45) is 5.92 Å². The van der Waals surface area contributed by atoms with Crippen LogP contribution >= 0.6 is 0 Å². The van der Waals surface area contributed by atoms with Gasteiger partial charge >= 0.3 is 0 Å². The highest BCUT2D eigenvalue weighted by molar-refractivity contribution is 6.10. The number of likely N-dealkylation sites (N-methyl/N-ethyl adjacent to an activating group) is 1. The first-order chi connectivity index (χ1) is 13.8. The van der Waals surface area contributed by atoms with Crippen molar-refractivity contribution in [1.82, 2.24) is 9.80 Å². The molecule has 0 unspecified atom stereocenters. The minimum atomic E-state index is -1.12. The van der Waals surface area contributed by atoms with Gasteiger partial charge in [0.25, 0.3) is 0 Å². The molecular weight excluding hydrogens is 368 g/mol. The Morgan fingerprint density at radius 2 is 1.86 bits per heavy atom. The van der Waals surface area contributed by atoms with Crippen molar-refractivity contribution in [2.45, 2.75) is 64.4 Å². The molecule has 0 bridgehead atoms. The van der Waals surface area contributed by atoms with Gasteiger partial charge in [-0.15, -0.1) is 0 Å². The molecule has 2 aliphatic rings. The monoisotopic (exact) mass is 400 g/mol. The first-order valence-electron chi connectivity index (χ1n) is 10.7. The Kier molecular flexibility index (Phi) is 6.42. The number of hydrogen-bond acceptors (Lipinski definition) is 4. The molecule has 2 atom stereocenters. The Labute approximate surface area is 172 Å². The number of aliphatic hydroxyl groups excluding tert-OH is 1. The van der Waals surface area contributed by atoms with Crippen LogP contribution in [-0.4, -0.2) is 58.4 Å². The Morgan fingerprint density at radius 3 is 2.41 bits per heavy atom. The average Bonchev–Trinajstić information content (AvgIpc) is 2.97. The summed E-state index contributed by atoms with van der Waals surface area (Å²) in [6, 6.07) is 7.55. The molecule has 1 aromatic rings. The van der Waals surface area contributed by atoms with E-state index < -0.39 is 5.41 Å². The number of benzene rings is 1. The number of carbonyl (C=O) groups excluding carboxylic acids is 3. The number of hydrogen-bond donors (Lipinski definition) is 1. The van der Waals surface area contributed by atoms with Crippen molar-refractivity contribution in [2.75, 3.05) is 19.6 Å². The van der Waals surface area contributed by atoms with Crippen LogP contribution < -0.4 is 0 Å². The zero-order chi connectivity index (χ0) is 21.2. The van der Waals surface area contributed by atoms with Gasteiger partial charge in [-0.1, -0.05) is 31.2 Å². The van der Waals surface area contributed by atoms with Crippen LogP contribution in [0.1, 0.15) is 57.1 Å². The van der Waals surface area contributed by atoms with Gasteiger partial charge in [-0.3, -0.25) is 19.3 Å². The number of piperidine rings is 1. The van der Waals surface area contributed by atoms with Crippen LogP contribution in [0, 0.1) is 12.8 Å². The van der Waals surface area contributed by atoms with E-state index in [2.05, 4.69) is 0 Å². The summed E-state index contributed by atoms with van der Waals surface area (Å²) in [7, 11) is 0. The van der Waals surface area contributed by atoms with E-state index in [1.54, 1.807) is 11.8 Å². The molecule has 1 N–H and O–H groups in total. The second-order valence-electron chi connectivity index (χ2n) is 8.39. The molecule has 2 aliphatic heterocycles. The summed E-state index contributed by atoms with van der Waals surface area (Å²) in [5.41, 5.74) is 0.582. The summed E-state index contributed by atoms with van der Waals surface area (Å²) in [5, 5.41) is 10.1. The second kappa shape index (κ2) is 8.66. The zero-order valence-electron chi connectivity index (χ0n) is 17.7. The third-order valence-electron chi connectivity index (χ3n) is 6.69. The molecule has 158 valence electrons. The number of amides is 3. The van der Waals surface area contributed by atoms with Gasteiger partial charge in [0, 0.05) is 32.5 Å². The highest BCUT2D eigenvalue weighted by atomic mass is 16.3. The Hall–Kier alpha value is -2.21. The van der Waals surface area contributed by atoms with Gasteiger partial charge in [-0.2, -0.15) is 0 Å². The number of aryl methyl sites for hydroxylation is 1. The third kappa shape index (κ3) is 3.95. The van der Waals surface area contributed by atoms with E-state index in [9.17, 15) is 19.5 Å². The lowest BCUT2D eigenvalue weighted by molar-refractivity contribution is -0.143. The summed E-state index contributed by atoms with van der Waals surface area (Å²) >= 11 is 0. The summed E-state index contributed by atoms with van der Waals surface area (Å²) < 4.78 is 0. The highest BCUT2D eigenvalue weighted by Gasteiger charge is 2.54. The van der Waals surface area contributed by atoms with Crippen molar-refractivity contribution < 1.29 is 19.5 Å². The molecule has 0 aromatic heterocycles.